The van der Waals surface area contributed by atoms with Crippen molar-refractivity contribution in [3.05, 3.63) is 0 Å². The second-order valence-electron chi connectivity index (χ2n) is 8.37. The number of fused-ring (bicyclic) bond motifs is 1. The highest BCUT2D eigenvalue weighted by Gasteiger charge is 2.38. The second kappa shape index (κ2) is 12.6. The van der Waals surface area contributed by atoms with Crippen LogP contribution in [0.5, 0.6) is 0 Å². The molecule has 5 atom stereocenters. The molecule has 7 N–H and O–H groups in total. The summed E-state index contributed by atoms with van der Waals surface area (Å²) in [5.74, 6) is 7.21. The van der Waals surface area contributed by atoms with Gasteiger partial charge in [0.05, 0.1) is 6.61 Å². The molecule has 0 bridgehead atoms. The Labute approximate surface area is 178 Å². The third-order valence-electron chi connectivity index (χ3n) is 6.11. The molecule has 1 amide bonds. The molecule has 1 heterocycles. The average Bonchev–Trinajstić information content (AvgIpc) is 2.72. The van der Waals surface area contributed by atoms with Crippen LogP contribution in [0.15, 0.2) is 5.10 Å². The number of nitrogens with one attached hydrogen (secondary N) is 3. The number of hydrogen-bond donors (Lipinski definition) is 5. The number of carbonyl (C=O) groups excluding carboxylic acids is 2. The number of hydrazone groups is 1. The van der Waals surface area contributed by atoms with Crippen molar-refractivity contribution in [2.45, 2.75) is 70.9 Å². The molecule has 0 aromatic heterocycles. The molecule has 2 aliphatic rings. The fraction of sp³-hybridized carbons (Fsp3) is 0.850. The standard InChI is InChI=1S/C20H38N6O4/c1-3-23-20(28)30-13(2)8-9-29-19(27)17-11-16-10-14(4-6-15(16)12-24-17)5-7-18(21)25-26-22/h13-17,24,26H,3-12,22H2,1-2H3,(H2,21,25)(H,23,28). The molecule has 2 rings (SSSR count). The van der Waals surface area contributed by atoms with Crippen LogP contribution in [-0.2, 0) is 14.3 Å². The van der Waals surface area contributed by atoms with Gasteiger partial charge < -0.3 is 25.8 Å². The average molecular weight is 427 g/mol. The van der Waals surface area contributed by atoms with Crippen LogP contribution in [0.4, 0.5) is 4.79 Å². The number of esters is 1. The molecule has 1 aliphatic heterocycles. The lowest BCUT2D eigenvalue weighted by Gasteiger charge is -2.42. The molecular weight excluding hydrogens is 388 g/mol. The Bertz CT molecular complexity index is 588. The van der Waals surface area contributed by atoms with Crippen LogP contribution in [0.25, 0.3) is 0 Å². The Morgan fingerprint density at radius 2 is 2.07 bits per heavy atom. The first kappa shape index (κ1) is 24.2. The van der Waals surface area contributed by atoms with E-state index in [2.05, 4.69) is 21.3 Å². The third kappa shape index (κ3) is 7.98. The molecule has 1 aliphatic carbocycles. The number of amides is 1. The Morgan fingerprint density at radius 3 is 2.80 bits per heavy atom. The summed E-state index contributed by atoms with van der Waals surface area (Å²) in [5.41, 5.74) is 8.04. The minimum Gasteiger partial charge on any atom is -0.464 e. The fourth-order valence-electron chi connectivity index (χ4n) is 4.45. The zero-order valence-electron chi connectivity index (χ0n) is 18.2. The van der Waals surface area contributed by atoms with Crippen LogP contribution in [0, 0.1) is 17.8 Å². The summed E-state index contributed by atoms with van der Waals surface area (Å²) < 4.78 is 10.6. The number of hydrogen-bond acceptors (Lipinski definition) is 8. The maximum absolute atomic E-state index is 12.5. The van der Waals surface area contributed by atoms with E-state index in [1.807, 2.05) is 6.92 Å². The highest BCUT2D eigenvalue weighted by Crippen LogP contribution is 2.40. The Morgan fingerprint density at radius 1 is 1.27 bits per heavy atom. The van der Waals surface area contributed by atoms with Crippen LogP contribution in [-0.4, -0.2) is 49.7 Å². The van der Waals surface area contributed by atoms with Crippen LogP contribution in [0.3, 0.4) is 0 Å². The first-order valence-corrected chi connectivity index (χ1v) is 11.0. The molecule has 30 heavy (non-hydrogen) atoms. The van der Waals surface area contributed by atoms with E-state index in [0.717, 1.165) is 32.2 Å². The van der Waals surface area contributed by atoms with Crippen molar-refractivity contribution in [3.63, 3.8) is 0 Å². The van der Waals surface area contributed by atoms with Crippen molar-refractivity contribution in [2.24, 2.45) is 34.4 Å². The van der Waals surface area contributed by atoms with E-state index in [1.54, 1.807) is 6.92 Å². The van der Waals surface area contributed by atoms with Gasteiger partial charge in [-0.15, -0.1) is 0 Å². The van der Waals surface area contributed by atoms with E-state index in [4.69, 9.17) is 21.1 Å². The van der Waals surface area contributed by atoms with Gasteiger partial charge in [0.1, 0.15) is 18.0 Å². The van der Waals surface area contributed by atoms with Gasteiger partial charge in [0, 0.05) is 19.4 Å². The summed E-state index contributed by atoms with van der Waals surface area (Å²) in [6, 6.07) is -0.266. The first-order valence-electron chi connectivity index (χ1n) is 11.0. The minimum absolute atomic E-state index is 0.216. The van der Waals surface area contributed by atoms with Gasteiger partial charge in [-0.2, -0.15) is 5.10 Å². The molecule has 10 heteroatoms. The van der Waals surface area contributed by atoms with E-state index in [1.165, 1.54) is 12.8 Å². The van der Waals surface area contributed by atoms with Gasteiger partial charge in [-0.05, 0) is 63.8 Å². The highest BCUT2D eigenvalue weighted by atomic mass is 16.6. The molecule has 5 unspecified atom stereocenters. The van der Waals surface area contributed by atoms with Gasteiger partial charge in [-0.3, -0.25) is 4.79 Å². The lowest BCUT2D eigenvalue weighted by molar-refractivity contribution is -0.148. The zero-order valence-corrected chi connectivity index (χ0v) is 18.2. The molecule has 2 fully saturated rings. The van der Waals surface area contributed by atoms with E-state index < -0.39 is 6.09 Å². The minimum atomic E-state index is -0.449. The number of nitrogens with two attached hydrogens (primary N) is 2. The van der Waals surface area contributed by atoms with Crippen molar-refractivity contribution in [3.8, 4) is 0 Å². The van der Waals surface area contributed by atoms with Crippen molar-refractivity contribution in [1.82, 2.24) is 16.2 Å². The van der Waals surface area contributed by atoms with Gasteiger partial charge >= 0.3 is 12.1 Å². The number of alkyl carbamates (subject to hydrolysis) is 1. The predicted octanol–water partition coefficient (Wildman–Crippen LogP) is 0.964. The number of rotatable bonds is 10. The van der Waals surface area contributed by atoms with Gasteiger partial charge in [-0.1, -0.05) is 6.42 Å². The molecule has 10 nitrogen and oxygen atoms in total. The summed E-state index contributed by atoms with van der Waals surface area (Å²) in [7, 11) is 0. The van der Waals surface area contributed by atoms with Crippen LogP contribution >= 0.6 is 0 Å². The van der Waals surface area contributed by atoms with Gasteiger partial charge in [-0.25, -0.2) is 16.2 Å². The predicted molar refractivity (Wildman–Crippen MR) is 114 cm³/mol. The van der Waals surface area contributed by atoms with Crippen molar-refractivity contribution in [2.75, 3.05) is 19.7 Å². The zero-order chi connectivity index (χ0) is 21.9. The third-order valence-corrected chi connectivity index (χ3v) is 6.11. The lowest BCUT2D eigenvalue weighted by Crippen LogP contribution is -2.50. The summed E-state index contributed by atoms with van der Waals surface area (Å²) in [6.07, 6.45) is 5.71. The molecule has 1 saturated carbocycles. The Kier molecular flexibility index (Phi) is 10.2. The van der Waals surface area contributed by atoms with E-state index in [0.29, 0.717) is 36.6 Å². The van der Waals surface area contributed by atoms with Crippen LogP contribution in [0.2, 0.25) is 0 Å². The topological polar surface area (TPSA) is 153 Å². The van der Waals surface area contributed by atoms with Gasteiger partial charge in [0.15, 0.2) is 0 Å². The second-order valence-corrected chi connectivity index (χ2v) is 8.37. The number of ether oxygens (including phenoxy) is 2. The maximum atomic E-state index is 12.5. The molecule has 0 radical (unpaired) electrons. The molecule has 0 aromatic rings. The fourth-order valence-corrected chi connectivity index (χ4v) is 4.45. The van der Waals surface area contributed by atoms with Crippen LogP contribution < -0.4 is 27.7 Å². The largest absolute Gasteiger partial charge is 0.464 e. The first-order chi connectivity index (χ1) is 14.4. The molecule has 0 spiro atoms. The highest BCUT2D eigenvalue weighted by molar-refractivity contribution is 5.79. The molecule has 1 saturated heterocycles. The van der Waals surface area contributed by atoms with Crippen LogP contribution in [0.1, 0.15) is 58.8 Å². The molecular formula is C20H38N6O4. The Hall–Kier alpha value is -2.07. The number of amidine groups is 1. The van der Waals surface area contributed by atoms with E-state index in [-0.39, 0.29) is 24.7 Å². The molecule has 172 valence electrons. The van der Waals surface area contributed by atoms with E-state index in [9.17, 15) is 9.59 Å². The Balaban J connectivity index is 1.71. The number of piperidine rings is 1. The smallest absolute Gasteiger partial charge is 0.407 e. The monoisotopic (exact) mass is 426 g/mol. The summed E-state index contributed by atoms with van der Waals surface area (Å²) >= 11 is 0. The molecule has 0 aromatic carbocycles. The number of carbonyl (C=O) groups is 2. The maximum Gasteiger partial charge on any atom is 0.407 e. The van der Waals surface area contributed by atoms with Crippen molar-refractivity contribution in [1.29, 1.82) is 0 Å². The number of hydrazine groups is 1. The van der Waals surface area contributed by atoms with Gasteiger partial charge in [0.25, 0.3) is 0 Å². The SMILES string of the molecule is CCNC(=O)OC(C)CCOC(=O)C1CC2CC(CC/C(N)=N/NN)CCC2CN1. The lowest BCUT2D eigenvalue weighted by atomic mass is 9.69. The summed E-state index contributed by atoms with van der Waals surface area (Å²) in [4.78, 5) is 23.9. The number of nitrogens with zero attached hydrogens (tertiary/aromatic N) is 1. The van der Waals surface area contributed by atoms with Gasteiger partial charge in [0.2, 0.25) is 0 Å². The van der Waals surface area contributed by atoms with E-state index >= 15 is 0 Å². The normalized spacial score (nSPS) is 27.5. The summed E-state index contributed by atoms with van der Waals surface area (Å²) in [6.45, 7) is 5.22. The quantitative estimate of drug-likeness (QED) is 0.114. The summed E-state index contributed by atoms with van der Waals surface area (Å²) in [5, 5.41) is 9.74. The van der Waals surface area contributed by atoms with Crippen molar-refractivity contribution < 1.29 is 19.1 Å². The van der Waals surface area contributed by atoms with Crippen molar-refractivity contribution >= 4 is 17.9 Å².